The van der Waals surface area contributed by atoms with Gasteiger partial charge in [0, 0.05) is 16.5 Å². The Labute approximate surface area is 224 Å². The Morgan fingerprint density at radius 1 is 1.03 bits per heavy atom. The molecule has 0 amide bonds. The molecule has 1 unspecified atom stereocenters. The summed E-state index contributed by atoms with van der Waals surface area (Å²) in [5, 5.41) is 11.8. The van der Waals surface area contributed by atoms with Gasteiger partial charge in [-0.2, -0.15) is 0 Å². The average molecular weight is 507 g/mol. The van der Waals surface area contributed by atoms with Crippen LogP contribution < -0.4 is 4.74 Å². The third kappa shape index (κ3) is 4.65. The normalized spacial score (nSPS) is 14.8. The summed E-state index contributed by atoms with van der Waals surface area (Å²) in [6, 6.07) is 23.5. The molecule has 1 aromatic heterocycles. The maximum Gasteiger partial charge on any atom is 0.218 e. The van der Waals surface area contributed by atoms with Crippen LogP contribution in [0.2, 0.25) is 0 Å². The minimum absolute atomic E-state index is 0.0573. The lowest BCUT2D eigenvalue weighted by molar-refractivity contribution is 0.233. The van der Waals surface area contributed by atoms with Crippen molar-refractivity contribution < 1.29 is 14.6 Å². The first-order valence-electron chi connectivity index (χ1n) is 13.5. The standard InChI is InChI=1S/C33H34N2O3/c1-4-6-11-23(5-2)20-38-25-18-16-24(17-19-25)22(3)30-26-12-7-9-14-28(26)34-31(30)32-33(37)27-13-8-10-15-29(27)35(32)21-36/h7-10,12-19,21,23,37H,4-6,11,20H2,1-3H3/b30-22+. The van der Waals surface area contributed by atoms with E-state index in [1.54, 1.807) is 0 Å². The van der Waals surface area contributed by atoms with E-state index in [1.165, 1.54) is 23.8 Å². The molecule has 5 rings (SSSR count). The van der Waals surface area contributed by atoms with E-state index in [1.807, 2.05) is 60.7 Å². The summed E-state index contributed by atoms with van der Waals surface area (Å²) in [6.07, 6.45) is 5.50. The highest BCUT2D eigenvalue weighted by Gasteiger charge is 2.30. The predicted octanol–water partition coefficient (Wildman–Crippen LogP) is 8.05. The molecule has 1 aliphatic rings. The van der Waals surface area contributed by atoms with Gasteiger partial charge in [-0.3, -0.25) is 9.36 Å². The molecule has 0 radical (unpaired) electrons. The number of rotatable bonds is 10. The second-order valence-electron chi connectivity index (χ2n) is 9.92. The lowest BCUT2D eigenvalue weighted by atomic mass is 9.92. The smallest absolute Gasteiger partial charge is 0.218 e. The van der Waals surface area contributed by atoms with E-state index >= 15 is 0 Å². The Bertz CT molecular complexity index is 1530. The van der Waals surface area contributed by atoms with Gasteiger partial charge >= 0.3 is 0 Å². The predicted molar refractivity (Wildman–Crippen MR) is 156 cm³/mol. The molecule has 5 nitrogen and oxygen atoms in total. The number of hydrogen-bond acceptors (Lipinski definition) is 4. The molecule has 0 saturated carbocycles. The van der Waals surface area contributed by atoms with Gasteiger partial charge < -0.3 is 9.84 Å². The second kappa shape index (κ2) is 11.1. The summed E-state index contributed by atoms with van der Waals surface area (Å²) in [5.41, 5.74) is 6.38. The minimum Gasteiger partial charge on any atom is -0.505 e. The molecule has 3 aromatic carbocycles. The second-order valence-corrected chi connectivity index (χ2v) is 9.92. The summed E-state index contributed by atoms with van der Waals surface area (Å²) in [7, 11) is 0. The summed E-state index contributed by atoms with van der Waals surface area (Å²) in [6.45, 7) is 7.24. The number of nitrogens with zero attached hydrogens (tertiary/aromatic N) is 2. The van der Waals surface area contributed by atoms with E-state index in [-0.39, 0.29) is 5.75 Å². The van der Waals surface area contributed by atoms with E-state index < -0.39 is 0 Å². The van der Waals surface area contributed by atoms with Crippen LogP contribution in [0.3, 0.4) is 0 Å². The molecule has 1 atom stereocenters. The van der Waals surface area contributed by atoms with Crippen molar-refractivity contribution in [3.05, 3.63) is 89.6 Å². The fourth-order valence-electron chi connectivity index (χ4n) is 5.28. The monoisotopic (exact) mass is 506 g/mol. The molecule has 1 aliphatic heterocycles. The largest absolute Gasteiger partial charge is 0.505 e. The Kier molecular flexibility index (Phi) is 7.45. The molecule has 194 valence electrons. The van der Waals surface area contributed by atoms with E-state index in [9.17, 15) is 9.90 Å². The molecule has 0 aliphatic carbocycles. The highest BCUT2D eigenvalue weighted by atomic mass is 16.5. The Balaban J connectivity index is 1.53. The van der Waals surface area contributed by atoms with Crippen LogP contribution in [0.4, 0.5) is 5.69 Å². The van der Waals surface area contributed by atoms with E-state index in [0.29, 0.717) is 28.2 Å². The molecular formula is C33H34N2O3. The SMILES string of the molecule is CCCCC(CC)COc1ccc(/C(C)=C2/C(c3c(O)c4ccccc4n3C=O)=Nc3ccccc32)cc1. The zero-order valence-electron chi connectivity index (χ0n) is 22.3. The summed E-state index contributed by atoms with van der Waals surface area (Å²) >= 11 is 0. The number of aromatic nitrogens is 1. The van der Waals surface area contributed by atoms with Crippen LogP contribution in [0.25, 0.3) is 22.0 Å². The van der Waals surface area contributed by atoms with Crippen LogP contribution in [0, 0.1) is 5.92 Å². The molecular weight excluding hydrogens is 472 g/mol. The number of ether oxygens (including phenoxy) is 1. The summed E-state index contributed by atoms with van der Waals surface area (Å²) in [4.78, 5) is 17.1. The van der Waals surface area contributed by atoms with Gasteiger partial charge in [-0.05, 0) is 60.7 Å². The van der Waals surface area contributed by atoms with Gasteiger partial charge in [0.25, 0.3) is 0 Å². The van der Waals surface area contributed by atoms with E-state index in [0.717, 1.165) is 53.1 Å². The molecule has 1 N–H and O–H groups in total. The van der Waals surface area contributed by atoms with Crippen molar-refractivity contribution in [2.24, 2.45) is 10.9 Å². The van der Waals surface area contributed by atoms with Gasteiger partial charge in [0.2, 0.25) is 6.41 Å². The topological polar surface area (TPSA) is 63.8 Å². The van der Waals surface area contributed by atoms with Crippen molar-refractivity contribution in [2.75, 3.05) is 6.61 Å². The number of para-hydroxylation sites is 2. The lowest BCUT2D eigenvalue weighted by Gasteiger charge is -2.16. The van der Waals surface area contributed by atoms with Crippen molar-refractivity contribution in [1.29, 1.82) is 0 Å². The van der Waals surface area contributed by atoms with Gasteiger partial charge in [0.15, 0.2) is 5.75 Å². The highest BCUT2D eigenvalue weighted by Crippen LogP contribution is 2.44. The zero-order chi connectivity index (χ0) is 26.6. The Morgan fingerprint density at radius 3 is 2.50 bits per heavy atom. The highest BCUT2D eigenvalue weighted by molar-refractivity contribution is 6.41. The van der Waals surface area contributed by atoms with Crippen LogP contribution in [0.1, 0.15) is 63.3 Å². The van der Waals surface area contributed by atoms with Crippen LogP contribution in [-0.4, -0.2) is 28.4 Å². The van der Waals surface area contributed by atoms with Crippen LogP contribution in [-0.2, 0) is 4.79 Å². The number of allylic oxidation sites excluding steroid dienone is 2. The number of aromatic hydroxyl groups is 1. The Hall–Kier alpha value is -4.12. The van der Waals surface area contributed by atoms with Gasteiger partial charge in [-0.15, -0.1) is 0 Å². The number of carbonyl (C=O) groups excluding carboxylic acids is 1. The van der Waals surface area contributed by atoms with Gasteiger partial charge in [-0.1, -0.05) is 75.6 Å². The van der Waals surface area contributed by atoms with Crippen molar-refractivity contribution in [3.8, 4) is 11.5 Å². The van der Waals surface area contributed by atoms with Gasteiger partial charge in [-0.25, -0.2) is 4.99 Å². The van der Waals surface area contributed by atoms with Crippen LogP contribution >= 0.6 is 0 Å². The maximum absolute atomic E-state index is 12.2. The van der Waals surface area contributed by atoms with Crippen molar-refractivity contribution in [1.82, 2.24) is 4.57 Å². The molecule has 4 aromatic rings. The quantitative estimate of drug-likeness (QED) is 0.221. The molecule has 2 heterocycles. The van der Waals surface area contributed by atoms with Gasteiger partial charge in [0.05, 0.1) is 23.5 Å². The number of unbranched alkanes of at least 4 members (excludes halogenated alkanes) is 1. The fourth-order valence-corrected chi connectivity index (χ4v) is 5.28. The maximum atomic E-state index is 12.2. The number of aliphatic imine (C=N–C) groups is 1. The fraction of sp³-hybridized carbons (Fsp3) is 0.273. The first-order valence-corrected chi connectivity index (χ1v) is 13.5. The number of hydrogen-bond donors (Lipinski definition) is 1. The van der Waals surface area contributed by atoms with Crippen molar-refractivity contribution in [2.45, 2.75) is 46.5 Å². The van der Waals surface area contributed by atoms with E-state index in [2.05, 4.69) is 32.9 Å². The third-order valence-corrected chi connectivity index (χ3v) is 7.55. The molecule has 5 heteroatoms. The molecule has 0 bridgehead atoms. The Morgan fingerprint density at radius 2 is 1.76 bits per heavy atom. The van der Waals surface area contributed by atoms with Crippen molar-refractivity contribution in [3.63, 3.8) is 0 Å². The van der Waals surface area contributed by atoms with Crippen LogP contribution in [0.5, 0.6) is 11.5 Å². The molecule has 0 fully saturated rings. The molecule has 38 heavy (non-hydrogen) atoms. The number of carbonyl (C=O) groups is 1. The summed E-state index contributed by atoms with van der Waals surface area (Å²) < 4.78 is 7.62. The number of fused-ring (bicyclic) bond motifs is 2. The zero-order valence-corrected chi connectivity index (χ0v) is 22.3. The van der Waals surface area contributed by atoms with E-state index in [4.69, 9.17) is 9.73 Å². The molecule has 0 saturated heterocycles. The third-order valence-electron chi connectivity index (χ3n) is 7.55. The molecule has 0 spiro atoms. The first-order chi connectivity index (χ1) is 18.6. The lowest BCUT2D eigenvalue weighted by Crippen LogP contribution is -2.11. The number of benzene rings is 3. The van der Waals surface area contributed by atoms with Gasteiger partial charge in [0.1, 0.15) is 11.4 Å². The summed E-state index contributed by atoms with van der Waals surface area (Å²) in [5.74, 6) is 1.49. The minimum atomic E-state index is 0.0573. The first kappa shape index (κ1) is 25.5. The van der Waals surface area contributed by atoms with Crippen molar-refractivity contribution >= 4 is 39.9 Å². The average Bonchev–Trinajstić information content (AvgIpc) is 3.47. The van der Waals surface area contributed by atoms with Crippen LogP contribution in [0.15, 0.2) is 77.8 Å².